The molecule has 2 rings (SSSR count). The van der Waals surface area contributed by atoms with Gasteiger partial charge in [-0.15, -0.1) is 0 Å². The van der Waals surface area contributed by atoms with Gasteiger partial charge in [0, 0.05) is 29.5 Å². The molecule has 0 saturated carbocycles. The van der Waals surface area contributed by atoms with Crippen molar-refractivity contribution in [3.05, 3.63) is 59.7 Å². The van der Waals surface area contributed by atoms with Crippen LogP contribution in [-0.4, -0.2) is 34.1 Å². The number of nitrogens with zero attached hydrogens (tertiary/aromatic N) is 1. The van der Waals surface area contributed by atoms with E-state index in [-0.39, 0.29) is 27.6 Å². The maximum atomic E-state index is 12.2. The lowest BCUT2D eigenvalue weighted by Gasteiger charge is -2.31. The lowest BCUT2D eigenvalue weighted by molar-refractivity contribution is -0.166. The fourth-order valence-electron chi connectivity index (χ4n) is 2.57. The standard InChI is InChI=1S/C17H19N3O4/c1-20(24)16(22)15(21)10-17(23,11-6-2-4-8-13(11)18)12-7-3-5-9-14(12)19/h2-9,23-24H,10,18-19H2,1H3. The number of hydrogen-bond acceptors (Lipinski definition) is 6. The van der Waals surface area contributed by atoms with Gasteiger partial charge in [-0.1, -0.05) is 36.4 Å². The number of hydroxylamine groups is 2. The van der Waals surface area contributed by atoms with Crippen LogP contribution < -0.4 is 11.5 Å². The Hall–Kier alpha value is -2.90. The van der Waals surface area contributed by atoms with Crippen LogP contribution >= 0.6 is 0 Å². The van der Waals surface area contributed by atoms with Gasteiger partial charge >= 0.3 is 5.91 Å². The van der Waals surface area contributed by atoms with Crippen molar-refractivity contribution in [2.75, 3.05) is 18.5 Å². The van der Waals surface area contributed by atoms with E-state index < -0.39 is 23.7 Å². The quantitative estimate of drug-likeness (QED) is 0.279. The van der Waals surface area contributed by atoms with E-state index >= 15 is 0 Å². The Morgan fingerprint density at radius 2 is 1.42 bits per heavy atom. The zero-order chi connectivity index (χ0) is 17.9. The Bertz CT molecular complexity index is 728. The molecule has 0 aliphatic carbocycles. The number of ketones is 1. The average molecular weight is 329 g/mol. The zero-order valence-electron chi connectivity index (χ0n) is 13.1. The monoisotopic (exact) mass is 329 g/mol. The number of carbonyl (C=O) groups is 2. The van der Waals surface area contributed by atoms with Crippen LogP contribution in [0.3, 0.4) is 0 Å². The van der Waals surface area contributed by atoms with E-state index in [1.165, 1.54) is 0 Å². The van der Waals surface area contributed by atoms with E-state index in [1.807, 2.05) is 0 Å². The van der Waals surface area contributed by atoms with Gasteiger partial charge in [0.25, 0.3) is 0 Å². The number of aliphatic hydroxyl groups is 1. The predicted molar refractivity (Wildman–Crippen MR) is 88.9 cm³/mol. The SMILES string of the molecule is CN(O)C(=O)C(=O)CC(O)(c1ccccc1N)c1ccccc1N. The second-order valence-corrected chi connectivity index (χ2v) is 5.46. The van der Waals surface area contributed by atoms with Gasteiger partial charge in [0.05, 0.1) is 6.42 Å². The van der Waals surface area contributed by atoms with Crippen molar-refractivity contribution in [2.45, 2.75) is 12.0 Å². The molecule has 6 N–H and O–H groups in total. The molecule has 0 heterocycles. The third-order valence-electron chi connectivity index (χ3n) is 3.76. The summed E-state index contributed by atoms with van der Waals surface area (Å²) in [5.74, 6) is -2.12. The van der Waals surface area contributed by atoms with Gasteiger partial charge in [0.1, 0.15) is 5.60 Å². The third-order valence-corrected chi connectivity index (χ3v) is 3.76. The van der Waals surface area contributed by atoms with Crippen LogP contribution in [0.1, 0.15) is 17.5 Å². The summed E-state index contributed by atoms with van der Waals surface area (Å²) in [5, 5.41) is 20.6. The fraction of sp³-hybridized carbons (Fsp3) is 0.176. The number of amides is 1. The van der Waals surface area contributed by atoms with E-state index in [1.54, 1.807) is 48.5 Å². The molecule has 2 aromatic rings. The first-order chi connectivity index (χ1) is 11.3. The first-order valence-corrected chi connectivity index (χ1v) is 7.19. The lowest BCUT2D eigenvalue weighted by atomic mass is 9.80. The molecule has 0 fully saturated rings. The predicted octanol–water partition coefficient (Wildman–Crippen LogP) is 0.894. The van der Waals surface area contributed by atoms with Gasteiger partial charge in [-0.3, -0.25) is 14.8 Å². The number of benzene rings is 2. The molecule has 0 atom stereocenters. The van der Waals surface area contributed by atoms with Crippen molar-refractivity contribution < 1.29 is 19.9 Å². The molecule has 1 amide bonds. The van der Waals surface area contributed by atoms with Crippen LogP contribution in [0.5, 0.6) is 0 Å². The van der Waals surface area contributed by atoms with Crippen molar-refractivity contribution in [3.63, 3.8) is 0 Å². The average Bonchev–Trinajstić information content (AvgIpc) is 2.54. The first-order valence-electron chi connectivity index (χ1n) is 7.19. The minimum Gasteiger partial charge on any atom is -0.398 e. The largest absolute Gasteiger partial charge is 0.398 e. The summed E-state index contributed by atoms with van der Waals surface area (Å²) < 4.78 is 0. The normalized spacial score (nSPS) is 11.1. The summed E-state index contributed by atoms with van der Waals surface area (Å²) in [4.78, 5) is 23.9. The fourth-order valence-corrected chi connectivity index (χ4v) is 2.57. The molecular formula is C17H19N3O4. The third kappa shape index (κ3) is 3.22. The van der Waals surface area contributed by atoms with E-state index in [9.17, 15) is 19.9 Å². The van der Waals surface area contributed by atoms with Crippen LogP contribution in [0.4, 0.5) is 11.4 Å². The molecule has 24 heavy (non-hydrogen) atoms. The van der Waals surface area contributed by atoms with Crippen molar-refractivity contribution in [1.82, 2.24) is 5.06 Å². The Kier molecular flexibility index (Phi) is 4.87. The van der Waals surface area contributed by atoms with Gasteiger partial charge in [-0.2, -0.15) is 0 Å². The number of carbonyl (C=O) groups excluding carboxylic acids is 2. The minimum absolute atomic E-state index is 0.172. The molecule has 7 nitrogen and oxygen atoms in total. The molecule has 126 valence electrons. The summed E-state index contributed by atoms with van der Waals surface area (Å²) in [6.07, 6.45) is -0.612. The smallest absolute Gasteiger partial charge is 0.313 e. The number of rotatable bonds is 5. The number of Topliss-reactive ketones (excluding diaryl/α,β-unsaturated/α-hetero) is 1. The summed E-state index contributed by atoms with van der Waals surface area (Å²) in [7, 11) is 1.03. The number of hydrogen-bond donors (Lipinski definition) is 4. The van der Waals surface area contributed by atoms with Crippen LogP contribution in [0.15, 0.2) is 48.5 Å². The lowest BCUT2D eigenvalue weighted by Crippen LogP contribution is -2.38. The summed E-state index contributed by atoms with van der Waals surface area (Å²) in [6.45, 7) is 0. The molecule has 0 radical (unpaired) electrons. The van der Waals surface area contributed by atoms with Crippen LogP contribution in [0.25, 0.3) is 0 Å². The Morgan fingerprint density at radius 1 is 1.00 bits per heavy atom. The Morgan fingerprint density at radius 3 is 1.79 bits per heavy atom. The van der Waals surface area contributed by atoms with Crippen molar-refractivity contribution >= 4 is 23.1 Å². The highest BCUT2D eigenvalue weighted by Crippen LogP contribution is 2.39. The minimum atomic E-state index is -1.90. The summed E-state index contributed by atoms with van der Waals surface area (Å²) in [6, 6.07) is 12.9. The highest BCUT2D eigenvalue weighted by Gasteiger charge is 2.39. The number of anilines is 2. The van der Waals surface area contributed by atoms with Gasteiger partial charge in [0.15, 0.2) is 0 Å². The Balaban J connectivity index is 2.59. The first kappa shape index (κ1) is 17.5. The number of likely N-dealkylation sites (N-methyl/N-ethyl adjacent to an activating group) is 1. The van der Waals surface area contributed by atoms with Gasteiger partial charge in [-0.05, 0) is 12.1 Å². The molecular weight excluding hydrogens is 310 g/mol. The molecule has 0 aromatic heterocycles. The highest BCUT2D eigenvalue weighted by atomic mass is 16.5. The summed E-state index contributed by atoms with van der Waals surface area (Å²) >= 11 is 0. The van der Waals surface area contributed by atoms with Crippen molar-refractivity contribution in [3.8, 4) is 0 Å². The molecule has 0 aliphatic heterocycles. The maximum absolute atomic E-state index is 12.2. The topological polar surface area (TPSA) is 130 Å². The van der Waals surface area contributed by atoms with Crippen molar-refractivity contribution in [1.29, 1.82) is 0 Å². The summed E-state index contributed by atoms with van der Waals surface area (Å²) in [5.41, 5.74) is 11.0. The molecule has 7 heteroatoms. The van der Waals surface area contributed by atoms with Gasteiger partial charge in [-0.25, -0.2) is 5.06 Å². The number of para-hydroxylation sites is 2. The number of nitrogen functional groups attached to an aromatic ring is 2. The highest BCUT2D eigenvalue weighted by molar-refractivity contribution is 6.36. The van der Waals surface area contributed by atoms with Crippen LogP contribution in [0, 0.1) is 0 Å². The van der Waals surface area contributed by atoms with Crippen molar-refractivity contribution in [2.24, 2.45) is 0 Å². The Labute approximate surface area is 139 Å². The van der Waals surface area contributed by atoms with E-state index in [4.69, 9.17) is 11.5 Å². The van der Waals surface area contributed by atoms with E-state index in [0.29, 0.717) is 0 Å². The maximum Gasteiger partial charge on any atom is 0.313 e. The second kappa shape index (κ2) is 6.69. The molecule has 0 bridgehead atoms. The molecule has 2 aromatic carbocycles. The zero-order valence-corrected chi connectivity index (χ0v) is 13.1. The van der Waals surface area contributed by atoms with Gasteiger partial charge in [0.2, 0.25) is 5.78 Å². The molecule has 0 unspecified atom stereocenters. The number of nitrogens with two attached hydrogens (primary N) is 2. The van der Waals surface area contributed by atoms with E-state index in [2.05, 4.69) is 0 Å². The molecule has 0 spiro atoms. The van der Waals surface area contributed by atoms with E-state index in [0.717, 1.165) is 7.05 Å². The van der Waals surface area contributed by atoms with Crippen LogP contribution in [-0.2, 0) is 15.2 Å². The second-order valence-electron chi connectivity index (χ2n) is 5.46. The molecule has 0 saturated heterocycles. The van der Waals surface area contributed by atoms with Crippen LogP contribution in [0.2, 0.25) is 0 Å². The molecule has 0 aliphatic rings. The van der Waals surface area contributed by atoms with Gasteiger partial charge < -0.3 is 16.6 Å².